The first kappa shape index (κ1) is 11.6. The first-order chi connectivity index (χ1) is 7.72. The summed E-state index contributed by atoms with van der Waals surface area (Å²) in [5.74, 6) is 0.311. The normalized spacial score (nSPS) is 20.2. The second kappa shape index (κ2) is 4.56. The van der Waals surface area contributed by atoms with Crippen molar-refractivity contribution in [3.63, 3.8) is 0 Å². The Kier molecular flexibility index (Phi) is 3.31. The van der Waals surface area contributed by atoms with Crippen LogP contribution in [0.25, 0.3) is 0 Å². The van der Waals surface area contributed by atoms with E-state index in [-0.39, 0.29) is 12.0 Å². The summed E-state index contributed by atoms with van der Waals surface area (Å²) in [4.78, 5) is 0. The van der Waals surface area contributed by atoms with Gasteiger partial charge in [-0.15, -0.1) is 0 Å². The summed E-state index contributed by atoms with van der Waals surface area (Å²) < 4.78 is 0. The van der Waals surface area contributed by atoms with Crippen LogP contribution in [0.4, 0.5) is 0 Å². The zero-order valence-corrected chi connectivity index (χ0v) is 9.95. The van der Waals surface area contributed by atoms with Gasteiger partial charge in [0.2, 0.25) is 0 Å². The molecule has 1 aromatic carbocycles. The van der Waals surface area contributed by atoms with E-state index in [1.165, 1.54) is 17.5 Å². The molecule has 16 heavy (non-hydrogen) atoms. The fourth-order valence-electron chi connectivity index (χ4n) is 2.87. The Morgan fingerprint density at radius 3 is 2.62 bits per heavy atom. The van der Waals surface area contributed by atoms with Crippen molar-refractivity contribution in [1.29, 1.82) is 0 Å². The maximum absolute atomic E-state index is 9.61. The summed E-state index contributed by atoms with van der Waals surface area (Å²) in [6.45, 7) is 3.00. The van der Waals surface area contributed by atoms with Crippen LogP contribution in [0.1, 0.15) is 36.3 Å². The molecule has 3 N–H and O–H groups in total. The average Bonchev–Trinajstić information content (AvgIpc) is 2.23. The molecule has 0 bridgehead atoms. The van der Waals surface area contributed by atoms with Crippen LogP contribution in [-0.2, 0) is 0 Å². The zero-order chi connectivity index (χ0) is 11.6. The molecule has 1 saturated carbocycles. The van der Waals surface area contributed by atoms with E-state index in [0.717, 1.165) is 12.8 Å². The first-order valence-corrected chi connectivity index (χ1v) is 6.09. The second-order valence-electron chi connectivity index (χ2n) is 5.08. The minimum Gasteiger partial charge on any atom is -0.396 e. The van der Waals surface area contributed by atoms with Gasteiger partial charge >= 0.3 is 0 Å². The van der Waals surface area contributed by atoms with Crippen LogP contribution in [0, 0.1) is 12.3 Å². The summed E-state index contributed by atoms with van der Waals surface area (Å²) in [7, 11) is 0. The predicted octanol–water partition coefficient (Wildman–Crippen LogP) is 2.20. The minimum absolute atomic E-state index is 0.0581. The molecule has 2 rings (SSSR count). The molecule has 1 aliphatic carbocycles. The lowest BCUT2D eigenvalue weighted by molar-refractivity contribution is 0.0192. The average molecular weight is 219 g/mol. The van der Waals surface area contributed by atoms with E-state index in [2.05, 4.69) is 31.2 Å². The summed E-state index contributed by atoms with van der Waals surface area (Å²) >= 11 is 0. The van der Waals surface area contributed by atoms with E-state index >= 15 is 0 Å². The molecule has 0 saturated heterocycles. The molecule has 2 heteroatoms. The summed E-state index contributed by atoms with van der Waals surface area (Å²) in [5.41, 5.74) is 8.53. The van der Waals surface area contributed by atoms with Crippen LogP contribution < -0.4 is 5.73 Å². The Morgan fingerprint density at radius 1 is 1.44 bits per heavy atom. The van der Waals surface area contributed by atoms with Gasteiger partial charge in [-0.3, -0.25) is 0 Å². The lowest BCUT2D eigenvalue weighted by Gasteiger charge is -2.46. The van der Waals surface area contributed by atoms with E-state index < -0.39 is 0 Å². The molecule has 0 aliphatic heterocycles. The fourth-order valence-corrected chi connectivity index (χ4v) is 2.87. The molecule has 1 aliphatic rings. The topological polar surface area (TPSA) is 46.2 Å². The maximum atomic E-state index is 9.61. The molecule has 0 spiro atoms. The van der Waals surface area contributed by atoms with Gasteiger partial charge in [-0.05, 0) is 31.9 Å². The number of aryl methyl sites for hydroxylation is 1. The Labute approximate surface area is 97.5 Å². The SMILES string of the molecule is Cc1cccc([C@H](CN)C2(CO)CCC2)c1. The first-order valence-electron chi connectivity index (χ1n) is 6.09. The van der Waals surface area contributed by atoms with Gasteiger partial charge < -0.3 is 10.8 Å². The van der Waals surface area contributed by atoms with Gasteiger partial charge in [-0.25, -0.2) is 0 Å². The van der Waals surface area contributed by atoms with Crippen molar-refractivity contribution in [2.75, 3.05) is 13.2 Å². The van der Waals surface area contributed by atoms with E-state index in [0.29, 0.717) is 12.5 Å². The Hall–Kier alpha value is -0.860. The van der Waals surface area contributed by atoms with Crippen LogP contribution in [0.15, 0.2) is 24.3 Å². The number of benzene rings is 1. The molecule has 88 valence electrons. The van der Waals surface area contributed by atoms with E-state index in [9.17, 15) is 5.11 Å². The highest BCUT2D eigenvalue weighted by atomic mass is 16.3. The monoisotopic (exact) mass is 219 g/mol. The van der Waals surface area contributed by atoms with Crippen molar-refractivity contribution >= 4 is 0 Å². The molecule has 1 atom stereocenters. The fraction of sp³-hybridized carbons (Fsp3) is 0.571. The molecule has 1 aromatic rings. The number of aliphatic hydroxyl groups is 1. The highest BCUT2D eigenvalue weighted by Crippen LogP contribution is 2.50. The van der Waals surface area contributed by atoms with Crippen LogP contribution in [-0.4, -0.2) is 18.3 Å². The molecular weight excluding hydrogens is 198 g/mol. The van der Waals surface area contributed by atoms with Gasteiger partial charge in [0.05, 0.1) is 0 Å². The van der Waals surface area contributed by atoms with Gasteiger partial charge in [0, 0.05) is 17.9 Å². The van der Waals surface area contributed by atoms with Gasteiger partial charge in [-0.2, -0.15) is 0 Å². The van der Waals surface area contributed by atoms with Crippen LogP contribution in [0.2, 0.25) is 0 Å². The van der Waals surface area contributed by atoms with Crippen molar-refractivity contribution < 1.29 is 5.11 Å². The molecule has 0 radical (unpaired) electrons. The third-order valence-corrected chi connectivity index (χ3v) is 4.08. The number of hydrogen-bond acceptors (Lipinski definition) is 2. The molecular formula is C14H21NO. The van der Waals surface area contributed by atoms with Gasteiger partial charge in [-0.1, -0.05) is 36.2 Å². The summed E-state index contributed by atoms with van der Waals surface area (Å²) in [6.07, 6.45) is 3.45. The lowest BCUT2D eigenvalue weighted by Crippen LogP contribution is -2.42. The van der Waals surface area contributed by atoms with E-state index in [4.69, 9.17) is 5.73 Å². The minimum atomic E-state index is 0.0581. The summed E-state index contributed by atoms with van der Waals surface area (Å²) in [5, 5.41) is 9.61. The van der Waals surface area contributed by atoms with Gasteiger partial charge in [0.25, 0.3) is 0 Å². The molecule has 0 unspecified atom stereocenters. The van der Waals surface area contributed by atoms with Crippen LogP contribution in [0.5, 0.6) is 0 Å². The highest BCUT2D eigenvalue weighted by molar-refractivity contribution is 5.28. The largest absolute Gasteiger partial charge is 0.396 e. The van der Waals surface area contributed by atoms with Gasteiger partial charge in [0.1, 0.15) is 0 Å². The van der Waals surface area contributed by atoms with Crippen molar-refractivity contribution in [2.45, 2.75) is 32.1 Å². The molecule has 2 nitrogen and oxygen atoms in total. The Morgan fingerprint density at radius 2 is 2.19 bits per heavy atom. The third-order valence-electron chi connectivity index (χ3n) is 4.08. The number of aliphatic hydroxyl groups excluding tert-OH is 1. The Balaban J connectivity index is 2.28. The highest BCUT2D eigenvalue weighted by Gasteiger charge is 2.43. The van der Waals surface area contributed by atoms with E-state index in [1.807, 2.05) is 0 Å². The summed E-state index contributed by atoms with van der Waals surface area (Å²) in [6, 6.07) is 8.52. The molecule has 0 aromatic heterocycles. The number of hydrogen-bond donors (Lipinski definition) is 2. The third kappa shape index (κ3) is 1.87. The Bertz CT molecular complexity index is 352. The standard InChI is InChI=1S/C14H21NO/c1-11-4-2-5-12(8-11)13(9-15)14(10-16)6-3-7-14/h2,4-5,8,13,16H,3,6-7,9-10,15H2,1H3/t13-/m0/s1. The molecule has 0 heterocycles. The van der Waals surface area contributed by atoms with Crippen molar-refractivity contribution in [3.8, 4) is 0 Å². The number of rotatable bonds is 4. The van der Waals surface area contributed by atoms with Crippen LogP contribution in [0.3, 0.4) is 0 Å². The molecule has 1 fully saturated rings. The van der Waals surface area contributed by atoms with Crippen molar-refractivity contribution in [3.05, 3.63) is 35.4 Å². The quantitative estimate of drug-likeness (QED) is 0.815. The smallest absolute Gasteiger partial charge is 0.0493 e. The zero-order valence-electron chi connectivity index (χ0n) is 9.95. The second-order valence-corrected chi connectivity index (χ2v) is 5.08. The van der Waals surface area contributed by atoms with Gasteiger partial charge in [0.15, 0.2) is 0 Å². The maximum Gasteiger partial charge on any atom is 0.0493 e. The lowest BCUT2D eigenvalue weighted by atomic mass is 9.59. The molecule has 0 amide bonds. The number of nitrogens with two attached hydrogens (primary N) is 1. The van der Waals surface area contributed by atoms with Crippen LogP contribution >= 0.6 is 0 Å². The van der Waals surface area contributed by atoms with Crippen molar-refractivity contribution in [2.24, 2.45) is 11.1 Å². The van der Waals surface area contributed by atoms with Crippen molar-refractivity contribution in [1.82, 2.24) is 0 Å². The van der Waals surface area contributed by atoms with E-state index in [1.54, 1.807) is 0 Å². The predicted molar refractivity (Wildman–Crippen MR) is 66.3 cm³/mol.